The first-order valence-electron chi connectivity index (χ1n) is 6.29. The fraction of sp³-hybridized carbons (Fsp3) is 0. The SMILES string of the molecule is O=C(c1ccc(Oc2ccccc2)cc1Br)n1ccnc1. The van der Waals surface area contributed by atoms with Crippen LogP contribution >= 0.6 is 15.9 Å². The molecule has 0 fully saturated rings. The Kier molecular flexibility index (Phi) is 3.83. The van der Waals surface area contributed by atoms with Crippen LogP contribution in [0.2, 0.25) is 0 Å². The molecule has 21 heavy (non-hydrogen) atoms. The van der Waals surface area contributed by atoms with Crippen LogP contribution in [-0.4, -0.2) is 15.5 Å². The average Bonchev–Trinajstić information content (AvgIpc) is 3.02. The summed E-state index contributed by atoms with van der Waals surface area (Å²) in [6.07, 6.45) is 4.66. The Morgan fingerprint density at radius 1 is 1.10 bits per heavy atom. The van der Waals surface area contributed by atoms with Gasteiger partial charge in [0.1, 0.15) is 17.8 Å². The fourth-order valence-corrected chi connectivity index (χ4v) is 2.40. The van der Waals surface area contributed by atoms with Gasteiger partial charge >= 0.3 is 0 Å². The van der Waals surface area contributed by atoms with Crippen LogP contribution in [0.1, 0.15) is 10.4 Å². The number of rotatable bonds is 3. The molecule has 0 N–H and O–H groups in total. The van der Waals surface area contributed by atoms with Crippen LogP contribution in [0.5, 0.6) is 11.5 Å². The molecular formula is C16H11BrN2O2. The van der Waals surface area contributed by atoms with Crippen LogP contribution in [-0.2, 0) is 0 Å². The minimum Gasteiger partial charge on any atom is -0.457 e. The number of carbonyl (C=O) groups is 1. The molecule has 1 aromatic heterocycles. The summed E-state index contributed by atoms with van der Waals surface area (Å²) in [5, 5.41) is 0. The molecule has 0 saturated carbocycles. The highest BCUT2D eigenvalue weighted by Crippen LogP contribution is 2.27. The predicted octanol–water partition coefficient (Wildman–Crippen LogP) is 4.13. The molecule has 0 saturated heterocycles. The molecule has 0 spiro atoms. The van der Waals surface area contributed by atoms with Crippen molar-refractivity contribution in [3.63, 3.8) is 0 Å². The third-order valence-corrected chi connectivity index (χ3v) is 3.54. The summed E-state index contributed by atoms with van der Waals surface area (Å²) in [5.74, 6) is 1.26. The third kappa shape index (κ3) is 3.03. The van der Waals surface area contributed by atoms with Gasteiger partial charge in [-0.25, -0.2) is 4.98 Å². The van der Waals surface area contributed by atoms with Gasteiger partial charge in [0.15, 0.2) is 0 Å². The Labute approximate surface area is 130 Å². The highest BCUT2D eigenvalue weighted by molar-refractivity contribution is 9.10. The number of hydrogen-bond donors (Lipinski definition) is 0. The number of halogens is 1. The number of carbonyl (C=O) groups excluding carboxylic acids is 1. The van der Waals surface area contributed by atoms with Gasteiger partial charge in [0.05, 0.1) is 5.56 Å². The van der Waals surface area contributed by atoms with Crippen molar-refractivity contribution < 1.29 is 9.53 Å². The van der Waals surface area contributed by atoms with Crippen molar-refractivity contribution in [2.75, 3.05) is 0 Å². The van der Waals surface area contributed by atoms with E-state index in [9.17, 15) is 4.79 Å². The molecule has 0 atom stereocenters. The topological polar surface area (TPSA) is 44.1 Å². The molecule has 5 heteroatoms. The van der Waals surface area contributed by atoms with Gasteiger partial charge < -0.3 is 4.74 Å². The second-order valence-electron chi connectivity index (χ2n) is 4.33. The Bertz CT molecular complexity index is 755. The van der Waals surface area contributed by atoms with E-state index in [-0.39, 0.29) is 5.91 Å². The molecule has 104 valence electrons. The van der Waals surface area contributed by atoms with Gasteiger partial charge in [-0.15, -0.1) is 0 Å². The number of hydrogen-bond acceptors (Lipinski definition) is 3. The summed E-state index contributed by atoms with van der Waals surface area (Å²) in [6, 6.07) is 14.7. The molecule has 4 nitrogen and oxygen atoms in total. The van der Waals surface area contributed by atoms with Crippen molar-refractivity contribution in [2.24, 2.45) is 0 Å². The highest BCUT2D eigenvalue weighted by atomic mass is 79.9. The Hall–Kier alpha value is -2.40. The minimum atomic E-state index is -0.148. The van der Waals surface area contributed by atoms with Crippen molar-refractivity contribution in [1.82, 2.24) is 9.55 Å². The van der Waals surface area contributed by atoms with Crippen LogP contribution in [0.3, 0.4) is 0 Å². The zero-order valence-electron chi connectivity index (χ0n) is 10.9. The van der Waals surface area contributed by atoms with E-state index in [0.29, 0.717) is 15.8 Å². The van der Waals surface area contributed by atoms with E-state index in [1.165, 1.54) is 10.9 Å². The molecule has 3 rings (SSSR count). The summed E-state index contributed by atoms with van der Waals surface area (Å²) >= 11 is 3.41. The summed E-state index contributed by atoms with van der Waals surface area (Å²) in [7, 11) is 0. The smallest absolute Gasteiger partial charge is 0.264 e. The molecule has 0 aliphatic rings. The zero-order valence-corrected chi connectivity index (χ0v) is 12.5. The second-order valence-corrected chi connectivity index (χ2v) is 5.19. The molecular weight excluding hydrogens is 332 g/mol. The van der Waals surface area contributed by atoms with Crippen molar-refractivity contribution >= 4 is 21.8 Å². The maximum atomic E-state index is 12.3. The molecule has 0 amide bonds. The average molecular weight is 343 g/mol. The quantitative estimate of drug-likeness (QED) is 0.718. The first-order valence-corrected chi connectivity index (χ1v) is 7.08. The Morgan fingerprint density at radius 2 is 1.90 bits per heavy atom. The van der Waals surface area contributed by atoms with Gasteiger partial charge in [-0.1, -0.05) is 18.2 Å². The third-order valence-electron chi connectivity index (χ3n) is 2.89. The number of aromatic nitrogens is 2. The minimum absolute atomic E-state index is 0.148. The lowest BCUT2D eigenvalue weighted by molar-refractivity contribution is 0.0959. The lowest BCUT2D eigenvalue weighted by Gasteiger charge is -2.08. The van der Waals surface area contributed by atoms with Crippen molar-refractivity contribution in [3.05, 3.63) is 77.3 Å². The normalized spacial score (nSPS) is 10.3. The lowest BCUT2D eigenvalue weighted by Crippen LogP contribution is -2.10. The second kappa shape index (κ2) is 5.93. The number of nitrogens with zero attached hydrogens (tertiary/aromatic N) is 2. The van der Waals surface area contributed by atoms with Crippen molar-refractivity contribution in [3.8, 4) is 11.5 Å². The van der Waals surface area contributed by atoms with E-state index >= 15 is 0 Å². The fourth-order valence-electron chi connectivity index (χ4n) is 1.88. The van der Waals surface area contributed by atoms with Gasteiger partial charge in [0.2, 0.25) is 0 Å². The largest absolute Gasteiger partial charge is 0.457 e. The lowest BCUT2D eigenvalue weighted by atomic mass is 10.2. The van der Waals surface area contributed by atoms with Crippen LogP contribution in [0.15, 0.2) is 71.7 Å². The van der Waals surface area contributed by atoms with Gasteiger partial charge in [-0.2, -0.15) is 0 Å². The molecule has 1 heterocycles. The number of benzene rings is 2. The first-order chi connectivity index (χ1) is 10.2. The van der Waals surface area contributed by atoms with E-state index in [2.05, 4.69) is 20.9 Å². The van der Waals surface area contributed by atoms with Gasteiger partial charge in [0.25, 0.3) is 5.91 Å². The molecule has 3 aromatic rings. The molecule has 0 bridgehead atoms. The predicted molar refractivity (Wildman–Crippen MR) is 82.6 cm³/mol. The number of para-hydroxylation sites is 1. The maximum absolute atomic E-state index is 12.3. The Balaban J connectivity index is 1.85. The molecule has 0 unspecified atom stereocenters. The van der Waals surface area contributed by atoms with Gasteiger partial charge in [-0.3, -0.25) is 9.36 Å². The zero-order chi connectivity index (χ0) is 14.7. The Morgan fingerprint density at radius 3 is 2.57 bits per heavy atom. The standard InChI is InChI=1S/C16H11BrN2O2/c17-15-10-13(21-12-4-2-1-3-5-12)6-7-14(15)16(20)19-9-8-18-11-19/h1-11H. The monoisotopic (exact) mass is 342 g/mol. The van der Waals surface area contributed by atoms with Crippen molar-refractivity contribution in [2.45, 2.75) is 0 Å². The van der Waals surface area contributed by atoms with Crippen molar-refractivity contribution in [1.29, 1.82) is 0 Å². The van der Waals surface area contributed by atoms with Crippen LogP contribution in [0.4, 0.5) is 0 Å². The van der Waals surface area contributed by atoms with Crippen LogP contribution in [0.25, 0.3) is 0 Å². The number of imidazole rings is 1. The summed E-state index contributed by atoms with van der Waals surface area (Å²) in [5.41, 5.74) is 0.549. The molecule has 0 radical (unpaired) electrons. The molecule has 2 aromatic carbocycles. The van der Waals surface area contributed by atoms with Gasteiger partial charge in [0, 0.05) is 16.9 Å². The van der Waals surface area contributed by atoms with Gasteiger partial charge in [-0.05, 0) is 46.3 Å². The van der Waals surface area contributed by atoms with Crippen LogP contribution in [0, 0.1) is 0 Å². The maximum Gasteiger partial charge on any atom is 0.264 e. The first kappa shape index (κ1) is 13.6. The summed E-state index contributed by atoms with van der Waals surface area (Å²) in [4.78, 5) is 16.1. The number of ether oxygens (including phenoxy) is 1. The van der Waals surface area contributed by atoms with E-state index in [0.717, 1.165) is 5.75 Å². The summed E-state index contributed by atoms with van der Waals surface area (Å²) < 4.78 is 7.83. The summed E-state index contributed by atoms with van der Waals surface area (Å²) in [6.45, 7) is 0. The highest BCUT2D eigenvalue weighted by Gasteiger charge is 2.12. The molecule has 0 aliphatic carbocycles. The molecule has 0 aliphatic heterocycles. The van der Waals surface area contributed by atoms with E-state index in [4.69, 9.17) is 4.74 Å². The van der Waals surface area contributed by atoms with Crippen LogP contribution < -0.4 is 4.74 Å². The van der Waals surface area contributed by atoms with E-state index < -0.39 is 0 Å². The van der Waals surface area contributed by atoms with E-state index in [1.807, 2.05) is 30.3 Å². The van der Waals surface area contributed by atoms with E-state index in [1.54, 1.807) is 30.6 Å².